The summed E-state index contributed by atoms with van der Waals surface area (Å²) in [5, 5.41) is 6.94. The first kappa shape index (κ1) is 22.3. The van der Waals surface area contributed by atoms with Crippen molar-refractivity contribution in [1.82, 2.24) is 20.0 Å². The van der Waals surface area contributed by atoms with Crippen molar-refractivity contribution in [3.8, 4) is 22.7 Å². The molecule has 3 aromatic heterocycles. The first-order chi connectivity index (χ1) is 17.6. The number of H-pyrrole nitrogens is 1. The predicted molar refractivity (Wildman–Crippen MR) is 129 cm³/mol. The topological polar surface area (TPSA) is 126 Å². The number of rotatable bonds is 5. The van der Waals surface area contributed by atoms with Gasteiger partial charge in [0.15, 0.2) is 5.76 Å². The molecule has 1 unspecified atom stereocenters. The molecule has 0 aliphatic carbocycles. The molecule has 2 N–H and O–H groups in total. The summed E-state index contributed by atoms with van der Waals surface area (Å²) in [5.74, 6) is 0.241. The van der Waals surface area contributed by atoms with E-state index in [2.05, 4.69) is 20.4 Å². The molecule has 10 nitrogen and oxygen atoms in total. The van der Waals surface area contributed by atoms with E-state index in [-0.39, 0.29) is 29.1 Å². The predicted octanol–water partition coefficient (Wildman–Crippen LogP) is 3.97. The summed E-state index contributed by atoms with van der Waals surface area (Å²) in [4.78, 5) is 34.7. The van der Waals surface area contributed by atoms with Crippen molar-refractivity contribution in [3.05, 3.63) is 67.0 Å². The standard InChI is InChI=1S/C26H25N5O5/c32-24(29-19-5-3-17(4-6-19)21-14-27-16-28-21)18-13-26(35-15-18)7-9-31(10-8-26)25(33)23-12-20(30-36-23)22-2-1-11-34-22/h1-6,11-12,14,16,18H,7-10,13,15H2,(H,27,28)(H,29,32). The average molecular weight is 488 g/mol. The summed E-state index contributed by atoms with van der Waals surface area (Å²) in [6.45, 7) is 1.43. The SMILES string of the molecule is O=C(Nc1ccc(-c2cnc[nH]2)cc1)C1COC2(CCN(C(=O)c3cc(-c4ccco4)no3)CC2)C1. The number of nitrogens with zero attached hydrogens (tertiary/aromatic N) is 3. The van der Waals surface area contributed by atoms with E-state index in [9.17, 15) is 9.59 Å². The van der Waals surface area contributed by atoms with E-state index in [0.717, 1.165) is 16.9 Å². The summed E-state index contributed by atoms with van der Waals surface area (Å²) in [6, 6.07) is 12.7. The number of amides is 2. The van der Waals surface area contributed by atoms with E-state index in [0.29, 0.717) is 50.4 Å². The number of furan rings is 1. The molecule has 1 spiro atoms. The van der Waals surface area contributed by atoms with Gasteiger partial charge in [-0.15, -0.1) is 0 Å². The molecule has 2 saturated heterocycles. The molecule has 5 heterocycles. The highest BCUT2D eigenvalue weighted by Gasteiger charge is 2.45. The zero-order valence-corrected chi connectivity index (χ0v) is 19.5. The summed E-state index contributed by atoms with van der Waals surface area (Å²) in [7, 11) is 0. The first-order valence-electron chi connectivity index (χ1n) is 11.9. The van der Waals surface area contributed by atoms with Gasteiger partial charge in [0.1, 0.15) is 5.69 Å². The zero-order chi connectivity index (χ0) is 24.5. The Morgan fingerprint density at radius 1 is 1.14 bits per heavy atom. The lowest BCUT2D eigenvalue weighted by molar-refractivity contribution is -0.119. The van der Waals surface area contributed by atoms with Gasteiger partial charge in [-0.2, -0.15) is 0 Å². The van der Waals surface area contributed by atoms with E-state index in [1.54, 1.807) is 41.9 Å². The molecule has 2 aliphatic rings. The van der Waals surface area contributed by atoms with Crippen molar-refractivity contribution < 1.29 is 23.3 Å². The van der Waals surface area contributed by atoms with Gasteiger partial charge in [0.2, 0.25) is 11.7 Å². The van der Waals surface area contributed by atoms with Crippen molar-refractivity contribution in [2.24, 2.45) is 5.92 Å². The molecule has 4 aromatic rings. The Labute approximate surface area is 206 Å². The molecule has 184 valence electrons. The fourth-order valence-electron chi connectivity index (χ4n) is 4.94. The number of piperidine rings is 1. The minimum Gasteiger partial charge on any atom is -0.463 e. The molecule has 0 radical (unpaired) electrons. The lowest BCUT2D eigenvalue weighted by Gasteiger charge is -2.38. The Morgan fingerprint density at radius 2 is 1.97 bits per heavy atom. The third-order valence-electron chi connectivity index (χ3n) is 7.00. The number of aromatic amines is 1. The Kier molecular flexibility index (Phi) is 5.65. The number of carbonyl (C=O) groups is 2. The van der Waals surface area contributed by atoms with Crippen LogP contribution in [-0.4, -0.2) is 57.1 Å². The molecule has 2 aliphatic heterocycles. The van der Waals surface area contributed by atoms with E-state index in [1.165, 1.54) is 0 Å². The fourth-order valence-corrected chi connectivity index (χ4v) is 4.94. The number of benzene rings is 1. The van der Waals surface area contributed by atoms with Crippen LogP contribution in [0.4, 0.5) is 5.69 Å². The molecule has 6 rings (SSSR count). The van der Waals surface area contributed by atoms with E-state index in [4.69, 9.17) is 13.7 Å². The lowest BCUT2D eigenvalue weighted by atomic mass is 9.85. The summed E-state index contributed by atoms with van der Waals surface area (Å²) >= 11 is 0. The van der Waals surface area contributed by atoms with Crippen molar-refractivity contribution in [2.45, 2.75) is 24.9 Å². The number of nitrogens with one attached hydrogen (secondary N) is 2. The van der Waals surface area contributed by atoms with Gasteiger partial charge in [-0.3, -0.25) is 9.59 Å². The quantitative estimate of drug-likeness (QED) is 0.436. The molecule has 36 heavy (non-hydrogen) atoms. The van der Waals surface area contributed by atoms with Gasteiger partial charge in [0.25, 0.3) is 5.91 Å². The van der Waals surface area contributed by atoms with E-state index < -0.39 is 0 Å². The second kappa shape index (κ2) is 9.12. The third kappa shape index (κ3) is 4.31. The number of likely N-dealkylation sites (tertiary alicyclic amines) is 1. The number of carbonyl (C=O) groups excluding carboxylic acids is 2. The fraction of sp³-hybridized carbons (Fsp3) is 0.308. The molecule has 2 amide bonds. The maximum atomic E-state index is 12.9. The largest absolute Gasteiger partial charge is 0.463 e. The Balaban J connectivity index is 1.02. The van der Waals surface area contributed by atoms with Crippen LogP contribution in [-0.2, 0) is 9.53 Å². The molecule has 0 saturated carbocycles. The van der Waals surface area contributed by atoms with Gasteiger partial charge in [0, 0.05) is 24.8 Å². The minimum atomic E-state index is -0.385. The minimum absolute atomic E-state index is 0.0493. The second-order valence-corrected chi connectivity index (χ2v) is 9.27. The van der Waals surface area contributed by atoms with Crippen LogP contribution in [0.15, 0.2) is 70.2 Å². The molecule has 10 heteroatoms. The number of imidazole rings is 1. The molecule has 1 atom stereocenters. The number of ether oxygens (including phenoxy) is 1. The molecular weight excluding hydrogens is 462 g/mol. The second-order valence-electron chi connectivity index (χ2n) is 9.27. The zero-order valence-electron chi connectivity index (χ0n) is 19.5. The summed E-state index contributed by atoms with van der Waals surface area (Å²) in [5.41, 5.74) is 2.76. The maximum absolute atomic E-state index is 12.9. The van der Waals surface area contributed by atoms with Crippen LogP contribution in [0.3, 0.4) is 0 Å². The van der Waals surface area contributed by atoms with Crippen molar-refractivity contribution in [1.29, 1.82) is 0 Å². The van der Waals surface area contributed by atoms with Crippen molar-refractivity contribution in [3.63, 3.8) is 0 Å². The van der Waals surface area contributed by atoms with Gasteiger partial charge >= 0.3 is 0 Å². The Bertz CT molecular complexity index is 1340. The summed E-state index contributed by atoms with van der Waals surface area (Å²) < 4.78 is 16.7. The van der Waals surface area contributed by atoms with Crippen LogP contribution in [0, 0.1) is 5.92 Å². The highest BCUT2D eigenvalue weighted by atomic mass is 16.5. The lowest BCUT2D eigenvalue weighted by Crippen LogP contribution is -2.46. The highest BCUT2D eigenvalue weighted by Crippen LogP contribution is 2.39. The van der Waals surface area contributed by atoms with Crippen molar-refractivity contribution >= 4 is 17.5 Å². The normalized spacial score (nSPS) is 19.0. The number of aromatic nitrogens is 3. The molecule has 0 bridgehead atoms. The van der Waals surface area contributed by atoms with Gasteiger partial charge in [-0.05, 0) is 49.1 Å². The number of anilines is 1. The van der Waals surface area contributed by atoms with Gasteiger partial charge in [-0.25, -0.2) is 4.98 Å². The van der Waals surface area contributed by atoms with Crippen LogP contribution >= 0.6 is 0 Å². The van der Waals surface area contributed by atoms with Crippen LogP contribution in [0.25, 0.3) is 22.7 Å². The first-order valence-corrected chi connectivity index (χ1v) is 11.9. The van der Waals surface area contributed by atoms with Crippen LogP contribution in [0.5, 0.6) is 0 Å². The van der Waals surface area contributed by atoms with Crippen LogP contribution in [0.2, 0.25) is 0 Å². The van der Waals surface area contributed by atoms with Crippen LogP contribution < -0.4 is 5.32 Å². The van der Waals surface area contributed by atoms with Crippen molar-refractivity contribution in [2.75, 3.05) is 25.0 Å². The molecular formula is C26H25N5O5. The number of hydrogen-bond acceptors (Lipinski definition) is 7. The van der Waals surface area contributed by atoms with E-state index in [1.807, 2.05) is 24.3 Å². The summed E-state index contributed by atoms with van der Waals surface area (Å²) in [6.07, 6.45) is 6.90. The Hall–Kier alpha value is -4.18. The van der Waals surface area contributed by atoms with Gasteiger partial charge in [0.05, 0.1) is 42.6 Å². The monoisotopic (exact) mass is 487 g/mol. The van der Waals surface area contributed by atoms with Gasteiger partial charge in [-0.1, -0.05) is 17.3 Å². The van der Waals surface area contributed by atoms with Crippen LogP contribution in [0.1, 0.15) is 29.8 Å². The maximum Gasteiger partial charge on any atom is 0.292 e. The number of hydrogen-bond donors (Lipinski definition) is 2. The third-order valence-corrected chi connectivity index (χ3v) is 7.00. The van der Waals surface area contributed by atoms with Gasteiger partial charge < -0.3 is 28.9 Å². The molecule has 2 fully saturated rings. The molecule has 1 aromatic carbocycles. The average Bonchev–Trinajstić information content (AvgIpc) is 3.71. The highest BCUT2D eigenvalue weighted by molar-refractivity contribution is 5.93. The van der Waals surface area contributed by atoms with E-state index >= 15 is 0 Å². The Morgan fingerprint density at radius 3 is 2.69 bits per heavy atom. The smallest absolute Gasteiger partial charge is 0.292 e.